The summed E-state index contributed by atoms with van der Waals surface area (Å²) in [6.45, 7) is 2.25. The molecule has 0 radical (unpaired) electrons. The number of aromatic amines is 1. The van der Waals surface area contributed by atoms with Crippen molar-refractivity contribution in [2.24, 2.45) is 5.73 Å². The highest BCUT2D eigenvalue weighted by Crippen LogP contribution is 2.16. The van der Waals surface area contributed by atoms with Gasteiger partial charge in [0.05, 0.1) is 12.7 Å². The molecule has 8 heteroatoms. The average Bonchev–Trinajstić information content (AvgIpc) is 2.95. The first-order valence-corrected chi connectivity index (χ1v) is 6.94. The third kappa shape index (κ3) is 3.11. The highest BCUT2D eigenvalue weighted by Gasteiger charge is 2.23. The minimum Gasteiger partial charge on any atom is -0.374 e. The second-order valence-corrected chi connectivity index (χ2v) is 4.97. The molecule has 1 aromatic carbocycles. The van der Waals surface area contributed by atoms with Crippen molar-refractivity contribution in [2.45, 2.75) is 12.5 Å². The number of aromatic nitrogens is 3. The summed E-state index contributed by atoms with van der Waals surface area (Å²) >= 11 is 0. The van der Waals surface area contributed by atoms with E-state index in [4.69, 9.17) is 10.5 Å². The second kappa shape index (κ2) is 6.06. The summed E-state index contributed by atoms with van der Waals surface area (Å²) in [5.74, 6) is 0. The summed E-state index contributed by atoms with van der Waals surface area (Å²) < 4.78 is 5.57. The van der Waals surface area contributed by atoms with Crippen LogP contribution < -0.4 is 11.1 Å². The number of hydrogen-bond donors (Lipinski definition) is 3. The first kappa shape index (κ1) is 13.8. The number of H-pyrrole nitrogens is 1. The number of nitrogens with zero attached hydrogens (tertiary/aromatic N) is 3. The van der Waals surface area contributed by atoms with Gasteiger partial charge in [-0.1, -0.05) is 0 Å². The number of urea groups is 1. The molecular formula is C13H18N6O2. The zero-order valence-electron chi connectivity index (χ0n) is 11.6. The third-order valence-corrected chi connectivity index (χ3v) is 3.48. The van der Waals surface area contributed by atoms with Crippen LogP contribution in [0.15, 0.2) is 18.2 Å². The van der Waals surface area contributed by atoms with E-state index in [9.17, 15) is 4.79 Å². The first-order valence-electron chi connectivity index (χ1n) is 6.94. The largest absolute Gasteiger partial charge is 0.374 e. The molecule has 8 nitrogen and oxygen atoms in total. The van der Waals surface area contributed by atoms with Crippen LogP contribution in [0.4, 0.5) is 10.5 Å². The molecular weight excluding hydrogens is 272 g/mol. The van der Waals surface area contributed by atoms with Crippen molar-refractivity contribution in [1.29, 1.82) is 0 Å². The Morgan fingerprint density at radius 2 is 2.33 bits per heavy atom. The monoisotopic (exact) mass is 290 g/mol. The summed E-state index contributed by atoms with van der Waals surface area (Å²) in [4.78, 5) is 14.0. The quantitative estimate of drug-likeness (QED) is 0.764. The molecule has 21 heavy (non-hydrogen) atoms. The minimum absolute atomic E-state index is 0.0209. The van der Waals surface area contributed by atoms with Crippen LogP contribution in [0, 0.1) is 0 Å². The van der Waals surface area contributed by atoms with Crippen LogP contribution in [0.3, 0.4) is 0 Å². The van der Waals surface area contributed by atoms with Gasteiger partial charge in [-0.25, -0.2) is 4.79 Å². The number of nitrogens with one attached hydrogen (secondary N) is 2. The first-order chi connectivity index (χ1) is 10.3. The maximum absolute atomic E-state index is 12.3. The predicted octanol–water partition coefficient (Wildman–Crippen LogP) is 0.539. The van der Waals surface area contributed by atoms with E-state index in [1.54, 1.807) is 17.0 Å². The Morgan fingerprint density at radius 1 is 1.48 bits per heavy atom. The van der Waals surface area contributed by atoms with E-state index >= 15 is 0 Å². The van der Waals surface area contributed by atoms with Gasteiger partial charge < -0.3 is 20.7 Å². The van der Waals surface area contributed by atoms with Crippen molar-refractivity contribution in [3.63, 3.8) is 0 Å². The highest BCUT2D eigenvalue weighted by atomic mass is 16.5. The molecule has 0 bridgehead atoms. The van der Waals surface area contributed by atoms with Crippen LogP contribution in [0.5, 0.6) is 0 Å². The molecule has 2 aromatic rings. The van der Waals surface area contributed by atoms with Gasteiger partial charge >= 0.3 is 6.03 Å². The molecule has 1 aromatic heterocycles. The van der Waals surface area contributed by atoms with E-state index in [2.05, 4.69) is 20.7 Å². The molecule has 0 unspecified atom stereocenters. The number of benzene rings is 1. The minimum atomic E-state index is -0.136. The average molecular weight is 290 g/mol. The van der Waals surface area contributed by atoms with Crippen molar-refractivity contribution in [3.05, 3.63) is 18.2 Å². The van der Waals surface area contributed by atoms with Gasteiger partial charge in [-0.2, -0.15) is 15.4 Å². The van der Waals surface area contributed by atoms with Gasteiger partial charge in [0.25, 0.3) is 0 Å². The van der Waals surface area contributed by atoms with Gasteiger partial charge in [-0.3, -0.25) is 0 Å². The van der Waals surface area contributed by atoms with E-state index in [-0.39, 0.29) is 12.1 Å². The lowest BCUT2D eigenvalue weighted by Gasteiger charge is -2.32. The van der Waals surface area contributed by atoms with Gasteiger partial charge in [0, 0.05) is 18.8 Å². The fourth-order valence-corrected chi connectivity index (χ4v) is 2.38. The number of ether oxygens (including phenoxy) is 1. The number of fused-ring (bicyclic) bond motifs is 1. The summed E-state index contributed by atoms with van der Waals surface area (Å²) in [5.41, 5.74) is 7.71. The van der Waals surface area contributed by atoms with Crippen molar-refractivity contribution >= 4 is 22.8 Å². The Kier molecular flexibility index (Phi) is 3.98. The van der Waals surface area contributed by atoms with Crippen LogP contribution >= 0.6 is 0 Å². The number of carbonyl (C=O) groups excluding carboxylic acids is 1. The van der Waals surface area contributed by atoms with Crippen LogP contribution in [0.25, 0.3) is 11.0 Å². The van der Waals surface area contributed by atoms with E-state index in [0.29, 0.717) is 31.9 Å². The lowest BCUT2D eigenvalue weighted by atomic mass is 10.2. The molecule has 2 heterocycles. The standard InChI is InChI=1S/C13H18N6O2/c14-4-3-10-8-19(5-6-21-10)13(20)15-9-1-2-11-12(7-9)17-18-16-11/h1-2,7,10H,3-6,8,14H2,(H,15,20)(H,16,17,18)/t10-/m0/s1. The van der Waals surface area contributed by atoms with E-state index in [0.717, 1.165) is 17.5 Å². The van der Waals surface area contributed by atoms with Crippen molar-refractivity contribution in [3.8, 4) is 0 Å². The zero-order chi connectivity index (χ0) is 14.7. The van der Waals surface area contributed by atoms with Crippen molar-refractivity contribution < 1.29 is 9.53 Å². The number of morpholine rings is 1. The number of anilines is 1. The zero-order valence-corrected chi connectivity index (χ0v) is 11.6. The Bertz CT molecular complexity index is 626. The van der Waals surface area contributed by atoms with Gasteiger partial charge in [-0.15, -0.1) is 0 Å². The number of hydrogen-bond acceptors (Lipinski definition) is 5. The number of nitrogens with two attached hydrogens (primary N) is 1. The molecule has 4 N–H and O–H groups in total. The predicted molar refractivity (Wildman–Crippen MR) is 77.9 cm³/mol. The normalized spacial score (nSPS) is 18.9. The molecule has 1 aliphatic heterocycles. The molecule has 1 fully saturated rings. The van der Waals surface area contributed by atoms with Gasteiger partial charge in [0.2, 0.25) is 0 Å². The van der Waals surface area contributed by atoms with Crippen molar-refractivity contribution in [2.75, 3.05) is 31.6 Å². The summed E-state index contributed by atoms with van der Waals surface area (Å²) in [5, 5.41) is 13.4. The molecule has 0 saturated carbocycles. The van der Waals surface area contributed by atoms with Crippen LogP contribution in [0.1, 0.15) is 6.42 Å². The van der Waals surface area contributed by atoms with E-state index in [1.165, 1.54) is 0 Å². The Labute approximate surface area is 121 Å². The van der Waals surface area contributed by atoms with Crippen molar-refractivity contribution in [1.82, 2.24) is 20.3 Å². The molecule has 3 rings (SSSR count). The fraction of sp³-hybridized carbons (Fsp3) is 0.462. The molecule has 2 amide bonds. The molecule has 0 spiro atoms. The molecule has 112 valence electrons. The topological polar surface area (TPSA) is 109 Å². The SMILES string of the molecule is NCC[C@H]1CN(C(=O)Nc2ccc3n[nH]nc3c2)CCO1. The Morgan fingerprint density at radius 3 is 3.19 bits per heavy atom. The molecule has 1 atom stereocenters. The Hall–Kier alpha value is -2.19. The second-order valence-electron chi connectivity index (χ2n) is 4.97. The highest BCUT2D eigenvalue weighted by molar-refractivity contribution is 5.91. The lowest BCUT2D eigenvalue weighted by Crippen LogP contribution is -2.47. The number of rotatable bonds is 3. The van der Waals surface area contributed by atoms with E-state index < -0.39 is 0 Å². The van der Waals surface area contributed by atoms with Crippen LogP contribution in [-0.2, 0) is 4.74 Å². The maximum atomic E-state index is 12.3. The van der Waals surface area contributed by atoms with Gasteiger partial charge in [0.15, 0.2) is 0 Å². The smallest absolute Gasteiger partial charge is 0.322 e. The number of carbonyl (C=O) groups is 1. The summed E-state index contributed by atoms with van der Waals surface area (Å²) in [7, 11) is 0. The maximum Gasteiger partial charge on any atom is 0.322 e. The van der Waals surface area contributed by atoms with Gasteiger partial charge in [-0.05, 0) is 31.2 Å². The Balaban J connectivity index is 1.64. The summed E-state index contributed by atoms with van der Waals surface area (Å²) in [6, 6.07) is 5.27. The third-order valence-electron chi connectivity index (χ3n) is 3.48. The fourth-order valence-electron chi connectivity index (χ4n) is 2.38. The van der Waals surface area contributed by atoms with Gasteiger partial charge in [0.1, 0.15) is 11.0 Å². The number of amides is 2. The van der Waals surface area contributed by atoms with E-state index in [1.807, 2.05) is 6.07 Å². The van der Waals surface area contributed by atoms with Crippen LogP contribution in [-0.4, -0.2) is 58.7 Å². The summed E-state index contributed by atoms with van der Waals surface area (Å²) in [6.07, 6.45) is 0.779. The lowest BCUT2D eigenvalue weighted by molar-refractivity contribution is -0.0146. The molecule has 1 aliphatic rings. The van der Waals surface area contributed by atoms with Crippen LogP contribution in [0.2, 0.25) is 0 Å². The molecule has 0 aliphatic carbocycles. The molecule has 1 saturated heterocycles.